The summed E-state index contributed by atoms with van der Waals surface area (Å²) in [6.07, 6.45) is -4.52. The van der Waals surface area contributed by atoms with Crippen LogP contribution in [0.3, 0.4) is 0 Å². The van der Waals surface area contributed by atoms with Crippen LogP contribution in [0.15, 0.2) is 36.4 Å². The predicted octanol–water partition coefficient (Wildman–Crippen LogP) is 3.87. The molecule has 0 spiro atoms. The number of hydrogen-bond acceptors (Lipinski definition) is 3. The Labute approximate surface area is 130 Å². The second kappa shape index (κ2) is 5.66. The highest BCUT2D eigenvalue weighted by molar-refractivity contribution is 5.80. The van der Waals surface area contributed by atoms with Crippen LogP contribution in [0.2, 0.25) is 0 Å². The van der Waals surface area contributed by atoms with Crippen molar-refractivity contribution in [1.82, 2.24) is 14.6 Å². The molecule has 0 bridgehead atoms. The van der Waals surface area contributed by atoms with Crippen molar-refractivity contribution < 1.29 is 17.9 Å². The van der Waals surface area contributed by atoms with E-state index < -0.39 is 11.9 Å². The molecule has 2 heterocycles. The summed E-state index contributed by atoms with van der Waals surface area (Å²) < 4.78 is 45.9. The first-order valence-electron chi connectivity index (χ1n) is 6.92. The highest BCUT2D eigenvalue weighted by Gasteiger charge is 2.35. The zero-order valence-electron chi connectivity index (χ0n) is 12.6. The largest absolute Gasteiger partial charge is 0.433 e. The third kappa shape index (κ3) is 2.79. The maximum absolute atomic E-state index is 13.3. The monoisotopic (exact) mass is 321 g/mol. The van der Waals surface area contributed by atoms with Crippen molar-refractivity contribution in [2.24, 2.45) is 0 Å². The molecule has 3 aromatic rings. The predicted molar refractivity (Wildman–Crippen MR) is 78.9 cm³/mol. The fourth-order valence-corrected chi connectivity index (χ4v) is 2.52. The summed E-state index contributed by atoms with van der Waals surface area (Å²) >= 11 is 0. The lowest BCUT2D eigenvalue weighted by Crippen LogP contribution is -2.14. The minimum atomic E-state index is -4.52. The number of ether oxygens (including phenoxy) is 1. The van der Waals surface area contributed by atoms with Gasteiger partial charge in [0.2, 0.25) is 0 Å². The number of methoxy groups -OCH3 is 1. The molecule has 0 saturated carbocycles. The summed E-state index contributed by atoms with van der Waals surface area (Å²) in [4.78, 5) is 4.27. The molecule has 3 rings (SSSR count). The van der Waals surface area contributed by atoms with Gasteiger partial charge in [-0.25, -0.2) is 9.50 Å². The van der Waals surface area contributed by atoms with Crippen LogP contribution in [0.25, 0.3) is 16.8 Å². The molecule has 0 atom stereocenters. The molecule has 120 valence electrons. The highest BCUT2D eigenvalue weighted by Crippen LogP contribution is 2.34. The molecular formula is C16H14F3N3O. The Morgan fingerprint density at radius 1 is 1.17 bits per heavy atom. The molecule has 4 nitrogen and oxygen atoms in total. The molecule has 1 aromatic carbocycles. The summed E-state index contributed by atoms with van der Waals surface area (Å²) in [6, 6.07) is 10.1. The van der Waals surface area contributed by atoms with E-state index in [1.165, 1.54) is 14.0 Å². The summed E-state index contributed by atoms with van der Waals surface area (Å²) in [5.74, 6) is 0. The standard InChI is InChI=1S/C16H14F3N3O/c1-10-8-13(16(17,18)19)22-15(20-10)14(12(21-22)9-23-2)11-6-4-3-5-7-11/h3-8H,9H2,1-2H3. The van der Waals surface area contributed by atoms with Crippen LogP contribution in [0.4, 0.5) is 13.2 Å². The Morgan fingerprint density at radius 2 is 1.87 bits per heavy atom. The Bertz CT molecular complexity index is 841. The minimum absolute atomic E-state index is 0.101. The number of fused-ring (bicyclic) bond motifs is 1. The molecule has 0 aliphatic rings. The lowest BCUT2D eigenvalue weighted by molar-refractivity contribution is -0.142. The van der Waals surface area contributed by atoms with Gasteiger partial charge < -0.3 is 4.74 Å². The van der Waals surface area contributed by atoms with Crippen LogP contribution >= 0.6 is 0 Å². The minimum Gasteiger partial charge on any atom is -0.378 e. The van der Waals surface area contributed by atoms with E-state index >= 15 is 0 Å². The first kappa shape index (κ1) is 15.5. The van der Waals surface area contributed by atoms with E-state index in [0.717, 1.165) is 16.1 Å². The fraction of sp³-hybridized carbons (Fsp3) is 0.250. The molecular weight excluding hydrogens is 307 g/mol. The van der Waals surface area contributed by atoms with Crippen LogP contribution in [-0.2, 0) is 17.5 Å². The molecule has 7 heteroatoms. The molecule has 0 amide bonds. The van der Waals surface area contributed by atoms with E-state index in [0.29, 0.717) is 11.3 Å². The van der Waals surface area contributed by atoms with Gasteiger partial charge in [-0.2, -0.15) is 18.3 Å². The number of aryl methyl sites for hydroxylation is 1. The fourth-order valence-electron chi connectivity index (χ4n) is 2.52. The van der Waals surface area contributed by atoms with Gasteiger partial charge in [0.25, 0.3) is 0 Å². The van der Waals surface area contributed by atoms with Gasteiger partial charge in [0, 0.05) is 12.8 Å². The first-order valence-corrected chi connectivity index (χ1v) is 6.92. The van der Waals surface area contributed by atoms with Gasteiger partial charge in [-0.05, 0) is 18.6 Å². The van der Waals surface area contributed by atoms with Crippen molar-refractivity contribution in [3.8, 4) is 11.1 Å². The molecule has 2 aromatic heterocycles. The van der Waals surface area contributed by atoms with Gasteiger partial charge in [0.1, 0.15) is 5.69 Å². The van der Waals surface area contributed by atoms with Crippen molar-refractivity contribution >= 4 is 5.65 Å². The number of rotatable bonds is 3. The molecule has 0 saturated heterocycles. The van der Waals surface area contributed by atoms with Crippen molar-refractivity contribution in [3.05, 3.63) is 53.5 Å². The Hall–Kier alpha value is -2.41. The van der Waals surface area contributed by atoms with E-state index in [4.69, 9.17) is 4.74 Å². The second-order valence-corrected chi connectivity index (χ2v) is 5.14. The average molecular weight is 321 g/mol. The number of hydrogen-bond donors (Lipinski definition) is 0. The van der Waals surface area contributed by atoms with Crippen LogP contribution in [0.1, 0.15) is 17.1 Å². The molecule has 0 aliphatic carbocycles. The molecule has 23 heavy (non-hydrogen) atoms. The number of benzene rings is 1. The number of aromatic nitrogens is 3. The van der Waals surface area contributed by atoms with E-state index in [1.54, 1.807) is 0 Å². The van der Waals surface area contributed by atoms with E-state index in [9.17, 15) is 13.2 Å². The average Bonchev–Trinajstić information content (AvgIpc) is 2.84. The maximum atomic E-state index is 13.3. The van der Waals surface area contributed by atoms with Crippen molar-refractivity contribution in [2.75, 3.05) is 7.11 Å². The van der Waals surface area contributed by atoms with E-state index in [1.807, 2.05) is 30.3 Å². The number of halogens is 3. The lowest BCUT2D eigenvalue weighted by Gasteiger charge is -2.09. The second-order valence-electron chi connectivity index (χ2n) is 5.14. The summed E-state index contributed by atoms with van der Waals surface area (Å²) in [6.45, 7) is 1.64. The normalized spacial score (nSPS) is 12.0. The van der Waals surface area contributed by atoms with Crippen LogP contribution < -0.4 is 0 Å². The topological polar surface area (TPSA) is 39.4 Å². The van der Waals surface area contributed by atoms with Crippen LogP contribution in [-0.4, -0.2) is 21.7 Å². The quantitative estimate of drug-likeness (QED) is 0.735. The summed E-state index contributed by atoms with van der Waals surface area (Å²) in [7, 11) is 1.47. The van der Waals surface area contributed by atoms with Gasteiger partial charge in [0.15, 0.2) is 5.65 Å². The van der Waals surface area contributed by atoms with E-state index in [-0.39, 0.29) is 17.9 Å². The molecule has 0 radical (unpaired) electrons. The van der Waals surface area contributed by atoms with Gasteiger partial charge in [0.05, 0.1) is 17.9 Å². The molecule has 0 unspecified atom stereocenters. The van der Waals surface area contributed by atoms with Crippen molar-refractivity contribution in [3.63, 3.8) is 0 Å². The highest BCUT2D eigenvalue weighted by atomic mass is 19.4. The zero-order valence-corrected chi connectivity index (χ0v) is 12.6. The van der Waals surface area contributed by atoms with Gasteiger partial charge in [-0.3, -0.25) is 0 Å². The Morgan fingerprint density at radius 3 is 2.48 bits per heavy atom. The number of alkyl halides is 3. The Balaban J connectivity index is 2.38. The maximum Gasteiger partial charge on any atom is 0.433 e. The third-order valence-corrected chi connectivity index (χ3v) is 3.42. The smallest absolute Gasteiger partial charge is 0.378 e. The van der Waals surface area contributed by atoms with E-state index in [2.05, 4.69) is 10.1 Å². The van der Waals surface area contributed by atoms with Crippen molar-refractivity contribution in [1.29, 1.82) is 0 Å². The van der Waals surface area contributed by atoms with Crippen LogP contribution in [0, 0.1) is 6.92 Å². The molecule has 0 aliphatic heterocycles. The van der Waals surface area contributed by atoms with Gasteiger partial charge in [-0.15, -0.1) is 0 Å². The number of nitrogens with zero attached hydrogens (tertiary/aromatic N) is 3. The third-order valence-electron chi connectivity index (χ3n) is 3.42. The summed E-state index contributed by atoms with van der Waals surface area (Å²) in [5, 5.41) is 4.10. The molecule has 0 N–H and O–H groups in total. The SMILES string of the molecule is COCc1nn2c(C(F)(F)F)cc(C)nc2c1-c1ccccc1. The first-order chi connectivity index (χ1) is 10.9. The van der Waals surface area contributed by atoms with Crippen molar-refractivity contribution in [2.45, 2.75) is 19.7 Å². The lowest BCUT2D eigenvalue weighted by atomic mass is 10.1. The summed E-state index contributed by atoms with van der Waals surface area (Å²) in [5.41, 5.74) is 1.34. The Kier molecular flexibility index (Phi) is 3.81. The molecule has 0 fully saturated rings. The van der Waals surface area contributed by atoms with Gasteiger partial charge in [-0.1, -0.05) is 30.3 Å². The van der Waals surface area contributed by atoms with Gasteiger partial charge >= 0.3 is 6.18 Å². The zero-order chi connectivity index (χ0) is 16.6. The van der Waals surface area contributed by atoms with Crippen LogP contribution in [0.5, 0.6) is 0 Å².